The third-order valence-electron chi connectivity index (χ3n) is 3.35. The van der Waals surface area contributed by atoms with Gasteiger partial charge in [0.05, 0.1) is 0 Å². The minimum absolute atomic E-state index is 0.0294. The lowest BCUT2D eigenvalue weighted by Crippen LogP contribution is -1.91. The molecule has 0 aliphatic rings. The van der Waals surface area contributed by atoms with E-state index in [0.717, 1.165) is 24.0 Å². The van der Waals surface area contributed by atoms with Crippen molar-refractivity contribution < 1.29 is 15.3 Å². The van der Waals surface area contributed by atoms with Gasteiger partial charge in [-0.1, -0.05) is 32.0 Å². The van der Waals surface area contributed by atoms with Crippen LogP contribution < -0.4 is 0 Å². The van der Waals surface area contributed by atoms with E-state index in [1.807, 2.05) is 19.1 Å². The zero-order chi connectivity index (χ0) is 14.0. The van der Waals surface area contributed by atoms with E-state index >= 15 is 0 Å². The molecule has 0 atom stereocenters. The molecule has 3 heteroatoms. The maximum absolute atomic E-state index is 9.98. The topological polar surface area (TPSA) is 60.7 Å². The second kappa shape index (κ2) is 5.22. The molecule has 3 nitrogen and oxygen atoms in total. The molecular weight excluding hydrogens is 240 g/mol. The molecule has 0 aromatic heterocycles. The van der Waals surface area contributed by atoms with Gasteiger partial charge in [0.2, 0.25) is 0 Å². The minimum atomic E-state index is -0.314. The first kappa shape index (κ1) is 13.3. The summed E-state index contributed by atoms with van der Waals surface area (Å²) in [6.45, 7) is 4.11. The molecule has 0 heterocycles. The van der Waals surface area contributed by atoms with Crippen LogP contribution >= 0.6 is 0 Å². The second-order valence-electron chi connectivity index (χ2n) is 4.56. The average Bonchev–Trinajstić information content (AvgIpc) is 2.42. The van der Waals surface area contributed by atoms with E-state index in [1.54, 1.807) is 0 Å². The summed E-state index contributed by atoms with van der Waals surface area (Å²) >= 11 is 0. The summed E-state index contributed by atoms with van der Waals surface area (Å²) in [6, 6.07) is 8.70. The molecule has 100 valence electrons. The van der Waals surface area contributed by atoms with Gasteiger partial charge in [-0.2, -0.15) is 0 Å². The lowest BCUT2D eigenvalue weighted by Gasteiger charge is -2.13. The molecular formula is C16H18O3. The van der Waals surface area contributed by atoms with Gasteiger partial charge in [-0.05, 0) is 35.6 Å². The van der Waals surface area contributed by atoms with E-state index < -0.39 is 0 Å². The van der Waals surface area contributed by atoms with Crippen LogP contribution in [0.1, 0.15) is 25.0 Å². The van der Waals surface area contributed by atoms with Crippen molar-refractivity contribution in [3.8, 4) is 28.4 Å². The van der Waals surface area contributed by atoms with Crippen LogP contribution in [-0.4, -0.2) is 15.3 Å². The van der Waals surface area contributed by atoms with Crippen LogP contribution in [0.4, 0.5) is 0 Å². The fraction of sp³-hybridized carbons (Fsp3) is 0.250. The summed E-state index contributed by atoms with van der Waals surface area (Å²) in [7, 11) is 0. The predicted octanol–water partition coefficient (Wildman–Crippen LogP) is 3.60. The van der Waals surface area contributed by atoms with Gasteiger partial charge in [0, 0.05) is 11.6 Å². The highest BCUT2D eigenvalue weighted by atomic mass is 16.3. The van der Waals surface area contributed by atoms with Crippen LogP contribution in [0.25, 0.3) is 11.1 Å². The van der Waals surface area contributed by atoms with Crippen LogP contribution in [-0.2, 0) is 12.8 Å². The Labute approximate surface area is 112 Å². The van der Waals surface area contributed by atoms with Gasteiger partial charge in [0.25, 0.3) is 0 Å². The molecule has 0 unspecified atom stereocenters. The number of aromatic hydroxyl groups is 3. The summed E-state index contributed by atoms with van der Waals surface area (Å²) in [5.41, 5.74) is 3.70. The molecule has 2 rings (SSSR count). The maximum atomic E-state index is 9.98. The molecule has 0 bridgehead atoms. The maximum Gasteiger partial charge on any atom is 0.161 e. The van der Waals surface area contributed by atoms with Crippen LogP contribution in [0, 0.1) is 0 Å². The summed E-state index contributed by atoms with van der Waals surface area (Å²) in [4.78, 5) is 0. The fourth-order valence-corrected chi connectivity index (χ4v) is 2.18. The summed E-state index contributed by atoms with van der Waals surface area (Å²) in [5.74, 6) is -0.569. The van der Waals surface area contributed by atoms with Crippen molar-refractivity contribution in [2.75, 3.05) is 0 Å². The molecule has 0 spiro atoms. The number of phenols is 3. The molecule has 19 heavy (non-hydrogen) atoms. The predicted molar refractivity (Wildman–Crippen MR) is 75.6 cm³/mol. The molecule has 0 aliphatic heterocycles. The SMILES string of the molecule is CCc1ccc(CC)c(-c2cc(O)c(O)cc2O)c1. The highest BCUT2D eigenvalue weighted by Crippen LogP contribution is 2.39. The second-order valence-corrected chi connectivity index (χ2v) is 4.56. The number of hydrogen-bond donors (Lipinski definition) is 3. The van der Waals surface area contributed by atoms with E-state index in [4.69, 9.17) is 0 Å². The quantitative estimate of drug-likeness (QED) is 0.582. The van der Waals surface area contributed by atoms with Crippen molar-refractivity contribution in [2.24, 2.45) is 0 Å². The number of rotatable bonds is 3. The van der Waals surface area contributed by atoms with Gasteiger partial charge < -0.3 is 15.3 Å². The summed E-state index contributed by atoms with van der Waals surface area (Å²) in [5, 5.41) is 29.0. The molecule has 0 radical (unpaired) electrons. The van der Waals surface area contributed by atoms with Crippen molar-refractivity contribution in [3.05, 3.63) is 41.5 Å². The number of benzene rings is 2. The number of aryl methyl sites for hydroxylation is 2. The molecule has 0 saturated heterocycles. The first-order chi connectivity index (χ1) is 9.06. The molecule has 0 fully saturated rings. The van der Waals surface area contributed by atoms with Gasteiger partial charge in [-0.3, -0.25) is 0 Å². The third kappa shape index (κ3) is 2.50. The van der Waals surface area contributed by atoms with Crippen molar-refractivity contribution in [1.82, 2.24) is 0 Å². The zero-order valence-corrected chi connectivity index (χ0v) is 11.1. The monoisotopic (exact) mass is 258 g/mol. The standard InChI is InChI=1S/C16H18O3/c1-3-10-5-6-11(4-2)12(7-10)13-8-15(18)16(19)9-14(13)17/h5-9,17-19H,3-4H2,1-2H3. The van der Waals surface area contributed by atoms with Gasteiger partial charge >= 0.3 is 0 Å². The van der Waals surface area contributed by atoms with E-state index in [9.17, 15) is 15.3 Å². The Morgan fingerprint density at radius 2 is 1.42 bits per heavy atom. The largest absolute Gasteiger partial charge is 0.507 e. The van der Waals surface area contributed by atoms with Crippen LogP contribution in [0.2, 0.25) is 0 Å². The molecule has 2 aromatic carbocycles. The van der Waals surface area contributed by atoms with E-state index in [2.05, 4.69) is 13.0 Å². The van der Waals surface area contributed by atoms with E-state index in [-0.39, 0.29) is 17.2 Å². The van der Waals surface area contributed by atoms with Gasteiger partial charge in [-0.25, -0.2) is 0 Å². The average molecular weight is 258 g/mol. The smallest absolute Gasteiger partial charge is 0.161 e. The number of phenolic OH excluding ortho intramolecular Hbond substituents is 3. The molecule has 3 N–H and O–H groups in total. The molecule has 0 amide bonds. The van der Waals surface area contributed by atoms with Crippen LogP contribution in [0.3, 0.4) is 0 Å². The number of hydrogen-bond acceptors (Lipinski definition) is 3. The first-order valence-corrected chi connectivity index (χ1v) is 6.43. The Morgan fingerprint density at radius 1 is 0.737 bits per heavy atom. The minimum Gasteiger partial charge on any atom is -0.507 e. The Hall–Kier alpha value is -2.16. The lowest BCUT2D eigenvalue weighted by atomic mass is 9.94. The molecule has 0 aliphatic carbocycles. The van der Waals surface area contributed by atoms with E-state index in [0.29, 0.717) is 5.56 Å². The third-order valence-corrected chi connectivity index (χ3v) is 3.35. The van der Waals surface area contributed by atoms with Crippen LogP contribution in [0.5, 0.6) is 17.2 Å². The summed E-state index contributed by atoms with van der Waals surface area (Å²) in [6.07, 6.45) is 1.74. The van der Waals surface area contributed by atoms with Crippen molar-refractivity contribution >= 4 is 0 Å². The Kier molecular flexibility index (Phi) is 3.65. The fourth-order valence-electron chi connectivity index (χ4n) is 2.18. The Bertz CT molecular complexity index is 603. The van der Waals surface area contributed by atoms with Crippen molar-refractivity contribution in [1.29, 1.82) is 0 Å². The first-order valence-electron chi connectivity index (χ1n) is 6.43. The van der Waals surface area contributed by atoms with Crippen LogP contribution in [0.15, 0.2) is 30.3 Å². The Morgan fingerprint density at radius 3 is 2.05 bits per heavy atom. The lowest BCUT2D eigenvalue weighted by molar-refractivity contribution is 0.397. The normalized spacial score (nSPS) is 10.6. The van der Waals surface area contributed by atoms with E-state index in [1.165, 1.54) is 17.7 Å². The molecule has 0 saturated carbocycles. The Balaban J connectivity index is 2.66. The highest BCUT2D eigenvalue weighted by molar-refractivity contribution is 5.76. The van der Waals surface area contributed by atoms with Gasteiger partial charge in [0.15, 0.2) is 11.5 Å². The summed E-state index contributed by atoms with van der Waals surface area (Å²) < 4.78 is 0. The van der Waals surface area contributed by atoms with Crippen molar-refractivity contribution in [3.63, 3.8) is 0 Å². The van der Waals surface area contributed by atoms with Gasteiger partial charge in [0.1, 0.15) is 5.75 Å². The highest BCUT2D eigenvalue weighted by Gasteiger charge is 2.13. The van der Waals surface area contributed by atoms with Gasteiger partial charge in [-0.15, -0.1) is 0 Å². The molecule has 2 aromatic rings. The zero-order valence-electron chi connectivity index (χ0n) is 11.1. The van der Waals surface area contributed by atoms with Crippen molar-refractivity contribution in [2.45, 2.75) is 26.7 Å².